The molecule has 6 heteroatoms. The van der Waals surface area contributed by atoms with Gasteiger partial charge in [-0.1, -0.05) is 0 Å². The minimum Gasteiger partial charge on any atom is -0.393 e. The zero-order valence-electron chi connectivity index (χ0n) is 6.21. The lowest BCUT2D eigenvalue weighted by atomic mass is 10.4. The highest BCUT2D eigenvalue weighted by atomic mass is 19.1. The average Bonchev–Trinajstić information content (AvgIpc) is 1.98. The Morgan fingerprint density at radius 1 is 1.50 bits per heavy atom. The Hall–Kier alpha value is -1.85. The van der Waals surface area contributed by atoms with Crippen LogP contribution in [0.2, 0.25) is 0 Å². The summed E-state index contributed by atoms with van der Waals surface area (Å²) in [5, 5.41) is 2.20. The van der Waals surface area contributed by atoms with Crippen molar-refractivity contribution >= 4 is 17.3 Å². The van der Waals surface area contributed by atoms with Crippen molar-refractivity contribution in [3.63, 3.8) is 0 Å². The first kappa shape index (κ1) is 8.25. The van der Waals surface area contributed by atoms with Crippen molar-refractivity contribution in [1.82, 2.24) is 9.97 Å². The van der Waals surface area contributed by atoms with Crippen LogP contribution >= 0.6 is 0 Å². The number of hydrogen-bond donors (Lipinski definition) is 3. The summed E-state index contributed by atoms with van der Waals surface area (Å²) in [5.74, 6) is -0.524. The highest BCUT2D eigenvalue weighted by Crippen LogP contribution is 2.20. The van der Waals surface area contributed by atoms with Crippen LogP contribution in [0.25, 0.3) is 0 Å². The lowest BCUT2D eigenvalue weighted by Gasteiger charge is -2.05. The molecule has 0 fully saturated rings. The van der Waals surface area contributed by atoms with Crippen LogP contribution in [0.1, 0.15) is 0 Å². The molecule has 64 valence electrons. The maximum Gasteiger partial charge on any atom is 0.185 e. The third-order valence-corrected chi connectivity index (χ3v) is 1.17. The number of nitrogen functional groups attached to an aromatic ring is 2. The van der Waals surface area contributed by atoms with Crippen molar-refractivity contribution < 1.29 is 4.39 Å². The van der Waals surface area contributed by atoms with E-state index in [-0.39, 0.29) is 17.3 Å². The Morgan fingerprint density at radius 3 is 2.75 bits per heavy atom. The first-order valence-corrected chi connectivity index (χ1v) is 3.08. The van der Waals surface area contributed by atoms with Gasteiger partial charge in [-0.2, -0.15) is 4.39 Å². The monoisotopic (exact) mass is 169 g/mol. The maximum atomic E-state index is 12.2. The molecule has 0 spiro atoms. The molecule has 0 amide bonds. The van der Waals surface area contributed by atoms with Crippen LogP contribution in [0, 0.1) is 0 Å². The Balaban J connectivity index is 3.00. The number of nitrogens with one attached hydrogen (secondary N) is 1. The fraction of sp³-hybridized carbons (Fsp3) is 0. The van der Waals surface area contributed by atoms with E-state index in [1.54, 1.807) is 0 Å². The first-order valence-electron chi connectivity index (χ1n) is 3.08. The van der Waals surface area contributed by atoms with Crippen molar-refractivity contribution in [2.45, 2.75) is 0 Å². The van der Waals surface area contributed by atoms with Crippen LogP contribution in [0.4, 0.5) is 21.7 Å². The molecule has 0 saturated carbocycles. The van der Waals surface area contributed by atoms with Crippen LogP contribution in [0.3, 0.4) is 0 Å². The molecule has 5 N–H and O–H groups in total. The molecule has 0 unspecified atom stereocenters. The number of aromatic nitrogens is 2. The minimum atomic E-state index is -0.750. The number of halogens is 1. The maximum absolute atomic E-state index is 12.2. The van der Waals surface area contributed by atoms with Gasteiger partial charge in [0, 0.05) is 0 Å². The molecule has 0 bridgehead atoms. The van der Waals surface area contributed by atoms with Crippen LogP contribution in [-0.4, -0.2) is 9.97 Å². The van der Waals surface area contributed by atoms with Gasteiger partial charge in [-0.25, -0.2) is 9.97 Å². The fourth-order valence-corrected chi connectivity index (χ4v) is 0.637. The fourth-order valence-electron chi connectivity index (χ4n) is 0.637. The van der Waals surface area contributed by atoms with Gasteiger partial charge in [0.15, 0.2) is 17.6 Å². The van der Waals surface area contributed by atoms with Gasteiger partial charge in [-0.15, -0.1) is 0 Å². The highest BCUT2D eigenvalue weighted by molar-refractivity contribution is 5.72. The normalized spacial score (nSPS) is 9.42. The second-order valence-corrected chi connectivity index (χ2v) is 2.05. The lowest BCUT2D eigenvalue weighted by molar-refractivity contribution is 0.650. The molecule has 0 aliphatic heterocycles. The van der Waals surface area contributed by atoms with Crippen molar-refractivity contribution in [3.8, 4) is 0 Å². The Morgan fingerprint density at radius 2 is 2.17 bits per heavy atom. The van der Waals surface area contributed by atoms with E-state index in [1.807, 2.05) is 0 Å². The molecule has 0 aliphatic carbocycles. The summed E-state index contributed by atoms with van der Waals surface area (Å²) in [4.78, 5) is 7.25. The third-order valence-electron chi connectivity index (χ3n) is 1.17. The van der Waals surface area contributed by atoms with Gasteiger partial charge >= 0.3 is 0 Å². The van der Waals surface area contributed by atoms with E-state index in [0.717, 1.165) is 0 Å². The summed E-state index contributed by atoms with van der Waals surface area (Å²) in [6.45, 7) is 2.99. The molecule has 1 heterocycles. The van der Waals surface area contributed by atoms with Crippen LogP contribution < -0.4 is 16.8 Å². The van der Waals surface area contributed by atoms with Gasteiger partial charge < -0.3 is 16.8 Å². The first-order chi connectivity index (χ1) is 5.61. The SMILES string of the molecule is C=C(F)Nc1ncnc(N)c1N. The summed E-state index contributed by atoms with van der Waals surface area (Å²) in [6.07, 6.45) is 1.18. The number of anilines is 3. The van der Waals surface area contributed by atoms with Gasteiger partial charge in [-0.05, 0) is 6.58 Å². The van der Waals surface area contributed by atoms with Crippen molar-refractivity contribution in [3.05, 3.63) is 18.9 Å². The van der Waals surface area contributed by atoms with Crippen molar-refractivity contribution in [2.75, 3.05) is 16.8 Å². The van der Waals surface area contributed by atoms with Crippen molar-refractivity contribution in [1.29, 1.82) is 0 Å². The minimum absolute atomic E-state index is 0.105. The molecule has 1 rings (SSSR count). The number of nitrogens with two attached hydrogens (primary N) is 2. The summed E-state index contributed by atoms with van der Waals surface area (Å²) in [7, 11) is 0. The predicted octanol–water partition coefficient (Wildman–Crippen LogP) is 0.494. The van der Waals surface area contributed by atoms with Crippen molar-refractivity contribution in [2.24, 2.45) is 0 Å². The quantitative estimate of drug-likeness (QED) is 0.560. The summed E-state index contributed by atoms with van der Waals surface area (Å²) in [5.41, 5.74) is 10.8. The zero-order valence-corrected chi connectivity index (χ0v) is 6.21. The number of nitrogens with zero attached hydrogens (tertiary/aromatic N) is 2. The van der Waals surface area contributed by atoms with Crippen LogP contribution in [0.15, 0.2) is 18.9 Å². The number of rotatable bonds is 2. The molecule has 0 atom stereocenters. The molecule has 0 saturated heterocycles. The summed E-state index contributed by atoms with van der Waals surface area (Å²) < 4.78 is 12.2. The van der Waals surface area contributed by atoms with Crippen LogP contribution in [0.5, 0.6) is 0 Å². The average molecular weight is 169 g/mol. The largest absolute Gasteiger partial charge is 0.393 e. The summed E-state index contributed by atoms with van der Waals surface area (Å²) in [6, 6.07) is 0. The molecular weight excluding hydrogens is 161 g/mol. The van der Waals surface area contributed by atoms with E-state index in [9.17, 15) is 4.39 Å². The third kappa shape index (κ3) is 1.60. The van der Waals surface area contributed by atoms with Gasteiger partial charge in [0.05, 0.1) is 0 Å². The second-order valence-electron chi connectivity index (χ2n) is 2.05. The second kappa shape index (κ2) is 3.04. The molecule has 1 aromatic rings. The Kier molecular flexibility index (Phi) is 2.09. The molecule has 12 heavy (non-hydrogen) atoms. The number of hydrogen-bond acceptors (Lipinski definition) is 5. The lowest BCUT2D eigenvalue weighted by Crippen LogP contribution is -2.05. The van der Waals surface area contributed by atoms with Gasteiger partial charge in [-0.3, -0.25) is 0 Å². The van der Waals surface area contributed by atoms with Gasteiger partial charge in [0.1, 0.15) is 12.0 Å². The van der Waals surface area contributed by atoms with Crippen LogP contribution in [-0.2, 0) is 0 Å². The highest BCUT2D eigenvalue weighted by Gasteiger charge is 2.04. The Labute approximate surface area is 68.3 Å². The molecule has 0 aromatic carbocycles. The summed E-state index contributed by atoms with van der Waals surface area (Å²) >= 11 is 0. The zero-order chi connectivity index (χ0) is 9.14. The smallest absolute Gasteiger partial charge is 0.185 e. The van der Waals surface area contributed by atoms with E-state index >= 15 is 0 Å². The predicted molar refractivity (Wildman–Crippen MR) is 44.7 cm³/mol. The van der Waals surface area contributed by atoms with Gasteiger partial charge in [0.2, 0.25) is 0 Å². The topological polar surface area (TPSA) is 89.8 Å². The molecular formula is C6H8FN5. The van der Waals surface area contributed by atoms with E-state index in [2.05, 4.69) is 21.9 Å². The molecule has 0 aliphatic rings. The molecule has 0 radical (unpaired) electrons. The standard InChI is InChI=1S/C6H8FN5/c1-3(7)12-6-4(8)5(9)10-2-11-6/h2H,1,8H2,(H3,9,10,11,12). The Bertz CT molecular complexity index is 311. The van der Waals surface area contributed by atoms with E-state index < -0.39 is 5.95 Å². The van der Waals surface area contributed by atoms with E-state index in [1.165, 1.54) is 6.33 Å². The molecule has 5 nitrogen and oxygen atoms in total. The van der Waals surface area contributed by atoms with E-state index in [0.29, 0.717) is 0 Å². The van der Waals surface area contributed by atoms with E-state index in [4.69, 9.17) is 11.5 Å². The van der Waals surface area contributed by atoms with Gasteiger partial charge in [0.25, 0.3) is 0 Å². The molecule has 1 aromatic heterocycles.